The molecule has 1 rings (SSSR count). The molecule has 22 heavy (non-hydrogen) atoms. The number of amides is 2. The van der Waals surface area contributed by atoms with E-state index in [-0.39, 0.29) is 18.4 Å². The van der Waals surface area contributed by atoms with Gasteiger partial charge in [0.1, 0.15) is 0 Å². The molecule has 2 N–H and O–H groups in total. The maximum Gasteiger partial charge on any atom is 0.319 e. The molecule has 0 atom stereocenters. The minimum Gasteiger partial charge on any atom is -0.337 e. The van der Waals surface area contributed by atoms with E-state index in [0.717, 1.165) is 25.3 Å². The van der Waals surface area contributed by atoms with E-state index in [4.69, 9.17) is 0 Å². The van der Waals surface area contributed by atoms with Gasteiger partial charge < -0.3 is 15.5 Å². The van der Waals surface area contributed by atoms with Crippen LogP contribution >= 0.6 is 12.4 Å². The van der Waals surface area contributed by atoms with Crippen molar-refractivity contribution in [3.05, 3.63) is 30.3 Å². The summed E-state index contributed by atoms with van der Waals surface area (Å²) < 4.78 is 0. The van der Waals surface area contributed by atoms with Crippen molar-refractivity contribution in [3.63, 3.8) is 0 Å². The van der Waals surface area contributed by atoms with Crippen LogP contribution in [0.1, 0.15) is 39.5 Å². The number of carbonyl (C=O) groups is 1. The first-order valence-electron chi connectivity index (χ1n) is 8.08. The molecule has 0 saturated carbocycles. The second-order valence-electron chi connectivity index (χ2n) is 5.30. The monoisotopic (exact) mass is 327 g/mol. The fourth-order valence-electron chi connectivity index (χ4n) is 2.12. The molecule has 0 radical (unpaired) electrons. The number of urea groups is 1. The first kappa shape index (κ1) is 20.7. The topological polar surface area (TPSA) is 44.4 Å². The van der Waals surface area contributed by atoms with E-state index in [0.29, 0.717) is 6.54 Å². The Morgan fingerprint density at radius 3 is 2.14 bits per heavy atom. The van der Waals surface area contributed by atoms with Crippen LogP contribution in [-0.2, 0) is 0 Å². The van der Waals surface area contributed by atoms with Crippen LogP contribution in [0.25, 0.3) is 0 Å². The van der Waals surface area contributed by atoms with Gasteiger partial charge in [-0.2, -0.15) is 0 Å². The lowest BCUT2D eigenvalue weighted by atomic mass is 10.2. The van der Waals surface area contributed by atoms with Gasteiger partial charge in [0.05, 0.1) is 0 Å². The second-order valence-corrected chi connectivity index (χ2v) is 5.30. The summed E-state index contributed by atoms with van der Waals surface area (Å²) in [6.07, 6.45) is 4.87. The molecule has 0 heterocycles. The number of benzene rings is 1. The lowest BCUT2D eigenvalue weighted by molar-refractivity contribution is 0.243. The van der Waals surface area contributed by atoms with Crippen molar-refractivity contribution in [2.24, 2.45) is 0 Å². The van der Waals surface area contributed by atoms with Gasteiger partial charge >= 0.3 is 6.03 Å². The first-order chi connectivity index (χ1) is 10.3. The molecule has 0 aromatic heterocycles. The normalized spacial score (nSPS) is 10.1. The number of rotatable bonds is 10. The predicted molar refractivity (Wildman–Crippen MR) is 97.0 cm³/mol. The van der Waals surface area contributed by atoms with Crippen LogP contribution in [-0.4, -0.2) is 37.1 Å². The number of carbonyl (C=O) groups excluding carboxylic acids is 1. The molecular formula is C17H30ClN3O. The molecule has 2 amide bonds. The second kappa shape index (κ2) is 13.4. The SMILES string of the molecule is CCCCN(CCCC)CCNC(=O)Nc1ccccc1.Cl. The van der Waals surface area contributed by atoms with Crippen molar-refractivity contribution in [3.8, 4) is 0 Å². The van der Waals surface area contributed by atoms with Crippen molar-refractivity contribution in [1.29, 1.82) is 0 Å². The predicted octanol–water partition coefficient (Wildman–Crippen LogP) is 4.13. The molecule has 0 aliphatic carbocycles. The molecule has 0 aliphatic heterocycles. The molecule has 1 aromatic carbocycles. The van der Waals surface area contributed by atoms with Crippen molar-refractivity contribution in [2.75, 3.05) is 31.5 Å². The van der Waals surface area contributed by atoms with Crippen molar-refractivity contribution >= 4 is 24.1 Å². The molecule has 0 saturated heterocycles. The van der Waals surface area contributed by atoms with E-state index in [9.17, 15) is 4.79 Å². The zero-order chi connectivity index (χ0) is 15.3. The largest absolute Gasteiger partial charge is 0.337 e. The number of nitrogens with zero attached hydrogens (tertiary/aromatic N) is 1. The Kier molecular flexibility index (Phi) is 12.6. The average Bonchev–Trinajstić information content (AvgIpc) is 2.50. The van der Waals surface area contributed by atoms with E-state index < -0.39 is 0 Å². The van der Waals surface area contributed by atoms with E-state index in [1.54, 1.807) is 0 Å². The fourth-order valence-corrected chi connectivity index (χ4v) is 2.12. The van der Waals surface area contributed by atoms with E-state index in [1.807, 2.05) is 30.3 Å². The molecule has 1 aromatic rings. The summed E-state index contributed by atoms with van der Waals surface area (Å²) in [6, 6.07) is 9.39. The minimum atomic E-state index is -0.132. The van der Waals surface area contributed by atoms with Gasteiger partial charge in [-0.25, -0.2) is 4.79 Å². The molecular weight excluding hydrogens is 298 g/mol. The van der Waals surface area contributed by atoms with Crippen LogP contribution in [0.5, 0.6) is 0 Å². The van der Waals surface area contributed by atoms with Gasteiger partial charge in [-0.15, -0.1) is 12.4 Å². The minimum absolute atomic E-state index is 0. The van der Waals surface area contributed by atoms with Crippen LogP contribution in [0.3, 0.4) is 0 Å². The average molecular weight is 328 g/mol. The standard InChI is InChI=1S/C17H29N3O.ClH/c1-3-5-13-20(14-6-4-2)15-12-18-17(21)19-16-10-8-7-9-11-16;/h7-11H,3-6,12-15H2,1-2H3,(H2,18,19,21);1H. The zero-order valence-corrected chi connectivity index (χ0v) is 14.6. The van der Waals surface area contributed by atoms with E-state index in [2.05, 4.69) is 29.4 Å². The van der Waals surface area contributed by atoms with Crippen LogP contribution < -0.4 is 10.6 Å². The van der Waals surface area contributed by atoms with Crippen LogP contribution in [0.4, 0.5) is 10.5 Å². The lowest BCUT2D eigenvalue weighted by Gasteiger charge is -2.22. The Hall–Kier alpha value is -1.26. The highest BCUT2D eigenvalue weighted by Crippen LogP contribution is 2.04. The van der Waals surface area contributed by atoms with Crippen molar-refractivity contribution in [1.82, 2.24) is 10.2 Å². The molecule has 4 nitrogen and oxygen atoms in total. The summed E-state index contributed by atoms with van der Waals surface area (Å²) in [5, 5.41) is 5.76. The van der Waals surface area contributed by atoms with E-state index >= 15 is 0 Å². The van der Waals surface area contributed by atoms with Crippen LogP contribution in [0.15, 0.2) is 30.3 Å². The maximum atomic E-state index is 11.8. The Labute approximate surface area is 141 Å². The van der Waals surface area contributed by atoms with Gasteiger partial charge in [0.2, 0.25) is 0 Å². The molecule has 0 unspecified atom stereocenters. The van der Waals surface area contributed by atoms with Crippen LogP contribution in [0.2, 0.25) is 0 Å². The first-order valence-corrected chi connectivity index (χ1v) is 8.08. The molecule has 0 aliphatic rings. The van der Waals surface area contributed by atoms with Gasteiger partial charge in [0.25, 0.3) is 0 Å². The third-order valence-electron chi connectivity index (χ3n) is 3.40. The quantitative estimate of drug-likeness (QED) is 0.678. The Morgan fingerprint density at radius 2 is 1.59 bits per heavy atom. The highest BCUT2D eigenvalue weighted by molar-refractivity contribution is 5.89. The lowest BCUT2D eigenvalue weighted by Crippen LogP contribution is -2.37. The van der Waals surface area contributed by atoms with Crippen molar-refractivity contribution < 1.29 is 4.79 Å². The number of anilines is 1. The smallest absolute Gasteiger partial charge is 0.319 e. The summed E-state index contributed by atoms with van der Waals surface area (Å²) in [7, 11) is 0. The van der Waals surface area contributed by atoms with Gasteiger partial charge in [-0.05, 0) is 38.1 Å². The van der Waals surface area contributed by atoms with E-state index in [1.165, 1.54) is 25.7 Å². The fraction of sp³-hybridized carbons (Fsp3) is 0.588. The number of nitrogens with one attached hydrogen (secondary N) is 2. The third-order valence-corrected chi connectivity index (χ3v) is 3.40. The van der Waals surface area contributed by atoms with Gasteiger partial charge in [-0.1, -0.05) is 44.9 Å². The van der Waals surface area contributed by atoms with Crippen molar-refractivity contribution in [2.45, 2.75) is 39.5 Å². The van der Waals surface area contributed by atoms with Gasteiger partial charge in [0.15, 0.2) is 0 Å². The molecule has 5 heteroatoms. The van der Waals surface area contributed by atoms with Gasteiger partial charge in [-0.3, -0.25) is 0 Å². The number of halogens is 1. The highest BCUT2D eigenvalue weighted by atomic mass is 35.5. The zero-order valence-electron chi connectivity index (χ0n) is 13.8. The third kappa shape index (κ3) is 9.64. The molecule has 126 valence electrons. The Balaban J connectivity index is 0.00000441. The number of hydrogen-bond donors (Lipinski definition) is 2. The molecule has 0 fully saturated rings. The summed E-state index contributed by atoms with van der Waals surface area (Å²) in [4.78, 5) is 14.2. The number of hydrogen-bond acceptors (Lipinski definition) is 2. The molecule has 0 bridgehead atoms. The maximum absolute atomic E-state index is 11.8. The summed E-state index contributed by atoms with van der Waals surface area (Å²) in [6.45, 7) is 8.28. The van der Waals surface area contributed by atoms with Crippen LogP contribution in [0, 0.1) is 0 Å². The number of para-hydroxylation sites is 1. The summed E-state index contributed by atoms with van der Waals surface area (Å²) in [5.74, 6) is 0. The summed E-state index contributed by atoms with van der Waals surface area (Å²) in [5.41, 5.74) is 0.823. The Morgan fingerprint density at radius 1 is 1.00 bits per heavy atom. The summed E-state index contributed by atoms with van der Waals surface area (Å²) >= 11 is 0. The number of unbranched alkanes of at least 4 members (excludes halogenated alkanes) is 2. The highest BCUT2D eigenvalue weighted by Gasteiger charge is 2.05. The Bertz CT molecular complexity index is 379. The molecule has 0 spiro atoms. The van der Waals surface area contributed by atoms with Gasteiger partial charge in [0, 0.05) is 18.8 Å².